The van der Waals surface area contributed by atoms with E-state index in [1.165, 1.54) is 0 Å². The number of hydrogen-bond acceptors (Lipinski definition) is 5. The molecule has 2 heterocycles. The van der Waals surface area contributed by atoms with Crippen LogP contribution >= 0.6 is 0 Å². The molecule has 2 aliphatic rings. The number of amides is 2. The number of hydrogen-bond donors (Lipinski definition) is 2. The number of likely N-dealkylation sites (tertiary alicyclic amines) is 1. The van der Waals surface area contributed by atoms with E-state index < -0.39 is 0 Å². The zero-order valence-electron chi connectivity index (χ0n) is 17.6. The highest BCUT2D eigenvalue weighted by molar-refractivity contribution is 5.86. The van der Waals surface area contributed by atoms with Crippen LogP contribution in [0.5, 0.6) is 0 Å². The lowest BCUT2D eigenvalue weighted by molar-refractivity contribution is -0.133. The van der Waals surface area contributed by atoms with Gasteiger partial charge in [0, 0.05) is 44.1 Å². The smallest absolute Gasteiger partial charge is 0.240 e. The number of nitrogens with zero attached hydrogens (tertiary/aromatic N) is 3. The van der Waals surface area contributed by atoms with Crippen molar-refractivity contribution in [2.75, 3.05) is 25.5 Å². The van der Waals surface area contributed by atoms with Crippen molar-refractivity contribution in [1.82, 2.24) is 20.2 Å². The topological polar surface area (TPSA) is 87.2 Å². The monoisotopic (exact) mass is 407 g/mol. The van der Waals surface area contributed by atoms with Crippen molar-refractivity contribution >= 4 is 17.6 Å². The van der Waals surface area contributed by atoms with Crippen LogP contribution in [-0.4, -0.2) is 46.8 Å². The van der Waals surface area contributed by atoms with E-state index in [0.29, 0.717) is 25.3 Å². The van der Waals surface area contributed by atoms with Crippen LogP contribution in [-0.2, 0) is 16.0 Å². The van der Waals surface area contributed by atoms with Crippen molar-refractivity contribution in [2.24, 2.45) is 0 Å². The quantitative estimate of drug-likeness (QED) is 0.703. The third-order valence-corrected chi connectivity index (χ3v) is 5.69. The molecule has 1 aromatic carbocycles. The molecule has 1 aliphatic carbocycles. The molecule has 0 bridgehead atoms. The predicted octanol–water partition coefficient (Wildman–Crippen LogP) is 2.73. The van der Waals surface area contributed by atoms with Crippen molar-refractivity contribution in [3.05, 3.63) is 53.0 Å². The molecule has 1 saturated heterocycles. The molecule has 1 saturated carbocycles. The SMILES string of the molecule is CNc1cc(CC(NC(=O)CN2CCCC2=O)c2cccc(C)c2)nc(C2CC2)n1. The number of anilines is 1. The van der Waals surface area contributed by atoms with Gasteiger partial charge in [0.05, 0.1) is 12.6 Å². The van der Waals surface area contributed by atoms with Crippen molar-refractivity contribution < 1.29 is 9.59 Å². The molecule has 1 atom stereocenters. The van der Waals surface area contributed by atoms with Crippen LogP contribution in [0.1, 0.15) is 60.3 Å². The van der Waals surface area contributed by atoms with E-state index in [9.17, 15) is 9.59 Å². The van der Waals surface area contributed by atoms with Crippen LogP contribution in [0.2, 0.25) is 0 Å². The zero-order valence-corrected chi connectivity index (χ0v) is 17.6. The van der Waals surface area contributed by atoms with Gasteiger partial charge in [-0.15, -0.1) is 0 Å². The van der Waals surface area contributed by atoms with Crippen LogP contribution in [0.4, 0.5) is 5.82 Å². The molecule has 7 heteroatoms. The fraction of sp³-hybridized carbons (Fsp3) is 0.478. The number of aromatic nitrogens is 2. The third kappa shape index (κ3) is 4.96. The first-order valence-electron chi connectivity index (χ1n) is 10.7. The van der Waals surface area contributed by atoms with E-state index in [1.54, 1.807) is 4.90 Å². The largest absolute Gasteiger partial charge is 0.373 e. The highest BCUT2D eigenvalue weighted by atomic mass is 16.2. The molecule has 4 rings (SSSR count). The van der Waals surface area contributed by atoms with Crippen molar-refractivity contribution in [2.45, 2.75) is 51.0 Å². The molecular weight excluding hydrogens is 378 g/mol. The average molecular weight is 408 g/mol. The minimum absolute atomic E-state index is 0.0563. The van der Waals surface area contributed by atoms with Crippen molar-refractivity contribution in [3.63, 3.8) is 0 Å². The van der Waals surface area contributed by atoms with E-state index in [1.807, 2.05) is 38.2 Å². The lowest BCUT2D eigenvalue weighted by Gasteiger charge is -2.22. The predicted molar refractivity (Wildman–Crippen MR) is 115 cm³/mol. The van der Waals surface area contributed by atoms with E-state index >= 15 is 0 Å². The molecule has 1 aromatic heterocycles. The van der Waals surface area contributed by atoms with E-state index in [0.717, 1.165) is 47.7 Å². The fourth-order valence-corrected chi connectivity index (χ4v) is 3.91. The van der Waals surface area contributed by atoms with Crippen LogP contribution < -0.4 is 10.6 Å². The first-order chi connectivity index (χ1) is 14.5. The van der Waals surface area contributed by atoms with Crippen molar-refractivity contribution in [1.29, 1.82) is 0 Å². The molecular formula is C23H29N5O2. The third-order valence-electron chi connectivity index (χ3n) is 5.69. The normalized spacial score (nSPS) is 17.1. The minimum Gasteiger partial charge on any atom is -0.373 e. The molecule has 0 spiro atoms. The minimum atomic E-state index is -0.221. The van der Waals surface area contributed by atoms with Gasteiger partial charge >= 0.3 is 0 Å². The second-order valence-corrected chi connectivity index (χ2v) is 8.28. The van der Waals surface area contributed by atoms with Gasteiger partial charge in [0.25, 0.3) is 0 Å². The zero-order chi connectivity index (χ0) is 21.1. The molecule has 2 fully saturated rings. The second-order valence-electron chi connectivity index (χ2n) is 8.28. The lowest BCUT2D eigenvalue weighted by Crippen LogP contribution is -2.40. The second kappa shape index (κ2) is 8.81. The Labute approximate surface area is 177 Å². The lowest BCUT2D eigenvalue weighted by atomic mass is 9.99. The summed E-state index contributed by atoms with van der Waals surface area (Å²) in [6, 6.07) is 9.89. The molecule has 0 radical (unpaired) electrons. The summed E-state index contributed by atoms with van der Waals surface area (Å²) in [5.41, 5.74) is 3.08. The summed E-state index contributed by atoms with van der Waals surface area (Å²) in [4.78, 5) is 35.7. The van der Waals surface area contributed by atoms with Crippen LogP contribution in [0, 0.1) is 6.92 Å². The van der Waals surface area contributed by atoms with Gasteiger partial charge in [0.2, 0.25) is 11.8 Å². The van der Waals surface area contributed by atoms with Crippen LogP contribution in [0.3, 0.4) is 0 Å². The van der Waals surface area contributed by atoms with Gasteiger partial charge in [-0.2, -0.15) is 0 Å². The van der Waals surface area contributed by atoms with Gasteiger partial charge in [-0.3, -0.25) is 9.59 Å². The standard InChI is InChI=1S/C23H29N5O2/c1-15-5-3-6-17(11-15)19(26-21(29)14-28-10-4-7-22(28)30)12-18-13-20(24-2)27-23(25-18)16-8-9-16/h3,5-6,11,13,16,19H,4,7-10,12,14H2,1-2H3,(H,26,29)(H,24,25,27). The van der Waals surface area contributed by atoms with Gasteiger partial charge in [-0.1, -0.05) is 29.8 Å². The first kappa shape index (κ1) is 20.3. The molecule has 158 valence electrons. The number of rotatable bonds is 8. The number of carbonyl (C=O) groups is 2. The Hall–Kier alpha value is -2.96. The van der Waals surface area contributed by atoms with Gasteiger partial charge in [0.15, 0.2) is 0 Å². The first-order valence-corrected chi connectivity index (χ1v) is 10.7. The maximum Gasteiger partial charge on any atom is 0.240 e. The fourth-order valence-electron chi connectivity index (χ4n) is 3.91. The molecule has 30 heavy (non-hydrogen) atoms. The Bertz CT molecular complexity index is 941. The van der Waals surface area contributed by atoms with Gasteiger partial charge < -0.3 is 15.5 Å². The summed E-state index contributed by atoms with van der Waals surface area (Å²) < 4.78 is 0. The number of benzene rings is 1. The molecule has 2 N–H and O–H groups in total. The Morgan fingerprint density at radius 1 is 1.27 bits per heavy atom. The summed E-state index contributed by atoms with van der Waals surface area (Å²) >= 11 is 0. The van der Waals surface area contributed by atoms with Gasteiger partial charge in [-0.25, -0.2) is 9.97 Å². The van der Waals surface area contributed by atoms with Crippen LogP contribution in [0.15, 0.2) is 30.3 Å². The van der Waals surface area contributed by atoms with Gasteiger partial charge in [0.1, 0.15) is 11.6 Å². The summed E-state index contributed by atoms with van der Waals surface area (Å²) in [5, 5.41) is 6.27. The molecule has 2 amide bonds. The number of carbonyl (C=O) groups excluding carboxylic acids is 2. The molecule has 2 aromatic rings. The van der Waals surface area contributed by atoms with Crippen LogP contribution in [0.25, 0.3) is 0 Å². The summed E-state index contributed by atoms with van der Waals surface area (Å²) in [5.74, 6) is 2.06. The number of nitrogens with one attached hydrogen (secondary N) is 2. The Morgan fingerprint density at radius 3 is 2.77 bits per heavy atom. The molecule has 1 unspecified atom stereocenters. The van der Waals surface area contributed by atoms with Crippen molar-refractivity contribution in [3.8, 4) is 0 Å². The Morgan fingerprint density at radius 2 is 2.10 bits per heavy atom. The van der Waals surface area contributed by atoms with E-state index in [-0.39, 0.29) is 24.4 Å². The Balaban J connectivity index is 1.55. The summed E-state index contributed by atoms with van der Waals surface area (Å²) in [6.07, 6.45) is 4.19. The van der Waals surface area contributed by atoms with Gasteiger partial charge in [-0.05, 0) is 31.7 Å². The average Bonchev–Trinajstić information content (AvgIpc) is 3.51. The van der Waals surface area contributed by atoms with E-state index in [2.05, 4.69) is 21.7 Å². The maximum absolute atomic E-state index is 12.8. The summed E-state index contributed by atoms with van der Waals surface area (Å²) in [6.45, 7) is 2.81. The highest BCUT2D eigenvalue weighted by Gasteiger charge is 2.28. The maximum atomic E-state index is 12.8. The Kier molecular flexibility index (Phi) is 5.97. The highest BCUT2D eigenvalue weighted by Crippen LogP contribution is 2.38. The van der Waals surface area contributed by atoms with E-state index in [4.69, 9.17) is 4.98 Å². The summed E-state index contributed by atoms with van der Waals surface area (Å²) in [7, 11) is 1.86. The molecule has 7 nitrogen and oxygen atoms in total. The molecule has 1 aliphatic heterocycles. The number of aryl methyl sites for hydroxylation is 1.